The normalized spacial score (nSPS) is 21.7. The zero-order valence-electron chi connectivity index (χ0n) is 18.3. The molecule has 1 saturated carbocycles. The predicted molar refractivity (Wildman–Crippen MR) is 115 cm³/mol. The van der Waals surface area contributed by atoms with Crippen molar-refractivity contribution in [2.24, 2.45) is 23.7 Å². The molecule has 0 aromatic heterocycles. The van der Waals surface area contributed by atoms with Gasteiger partial charge in [-0.25, -0.2) is 0 Å². The first-order chi connectivity index (χ1) is 12.7. The van der Waals surface area contributed by atoms with E-state index < -0.39 is 0 Å². The minimum atomic E-state index is 0.711. The molecule has 1 unspecified atom stereocenters. The lowest BCUT2D eigenvalue weighted by molar-refractivity contribution is 0.253. The third-order valence-corrected chi connectivity index (χ3v) is 6.89. The van der Waals surface area contributed by atoms with Gasteiger partial charge in [-0.2, -0.15) is 5.26 Å². The fraction of sp³-hybridized carbons (Fsp3) is 0.960. The Bertz CT molecular complexity index is 342. The number of hydrogen-bond acceptors (Lipinski definition) is 1. The molecule has 0 amide bonds. The maximum atomic E-state index is 8.85. The zero-order valence-corrected chi connectivity index (χ0v) is 18.3. The minimum absolute atomic E-state index is 0.711. The highest BCUT2D eigenvalue weighted by molar-refractivity contribution is 4.80. The molecule has 1 aliphatic carbocycles. The quantitative estimate of drug-likeness (QED) is 0.286. The fourth-order valence-electron chi connectivity index (χ4n) is 5.33. The molecule has 152 valence electrons. The molecule has 1 rings (SSSR count). The molecule has 0 aliphatic heterocycles. The largest absolute Gasteiger partial charge is 0.198 e. The maximum Gasteiger partial charge on any atom is 0.0624 e. The van der Waals surface area contributed by atoms with E-state index in [4.69, 9.17) is 5.26 Å². The van der Waals surface area contributed by atoms with Crippen LogP contribution in [0, 0.1) is 35.0 Å². The summed E-state index contributed by atoms with van der Waals surface area (Å²) in [5.41, 5.74) is 0. The van der Waals surface area contributed by atoms with E-state index in [-0.39, 0.29) is 0 Å². The van der Waals surface area contributed by atoms with Crippen LogP contribution < -0.4 is 0 Å². The molecule has 1 aliphatic rings. The van der Waals surface area contributed by atoms with Crippen molar-refractivity contribution in [2.75, 3.05) is 0 Å². The number of nitriles is 1. The molecule has 0 bridgehead atoms. The number of hydrogen-bond donors (Lipinski definition) is 0. The van der Waals surface area contributed by atoms with Crippen molar-refractivity contribution in [3.63, 3.8) is 0 Å². The molecular weight excluding hydrogens is 314 g/mol. The molecule has 0 N–H and O–H groups in total. The molecule has 1 nitrogen and oxygen atoms in total. The molecule has 0 heterocycles. The van der Waals surface area contributed by atoms with Gasteiger partial charge < -0.3 is 0 Å². The van der Waals surface area contributed by atoms with Gasteiger partial charge in [-0.15, -0.1) is 0 Å². The van der Waals surface area contributed by atoms with Crippen LogP contribution in [-0.2, 0) is 0 Å². The Morgan fingerprint density at radius 2 is 1.15 bits per heavy atom. The van der Waals surface area contributed by atoms with Gasteiger partial charge in [0.25, 0.3) is 0 Å². The van der Waals surface area contributed by atoms with E-state index >= 15 is 0 Å². The molecule has 26 heavy (non-hydrogen) atoms. The van der Waals surface area contributed by atoms with Gasteiger partial charge in [0.1, 0.15) is 0 Å². The molecule has 0 saturated heterocycles. The molecule has 0 radical (unpaired) electrons. The van der Waals surface area contributed by atoms with Gasteiger partial charge >= 0.3 is 0 Å². The van der Waals surface area contributed by atoms with Crippen LogP contribution >= 0.6 is 0 Å². The highest BCUT2D eigenvalue weighted by atomic mass is 14.3. The van der Waals surface area contributed by atoms with E-state index in [2.05, 4.69) is 26.8 Å². The summed E-state index contributed by atoms with van der Waals surface area (Å²) in [6.07, 6.45) is 23.4. The monoisotopic (exact) mass is 361 g/mol. The molecule has 0 spiro atoms. The highest BCUT2D eigenvalue weighted by Gasteiger charge is 2.21. The lowest BCUT2D eigenvalue weighted by atomic mass is 9.78. The fourth-order valence-corrected chi connectivity index (χ4v) is 5.33. The molecule has 0 aromatic carbocycles. The average molecular weight is 362 g/mol. The van der Waals surface area contributed by atoms with Crippen LogP contribution in [0.4, 0.5) is 0 Å². The van der Waals surface area contributed by atoms with Crippen molar-refractivity contribution in [1.82, 2.24) is 0 Å². The van der Waals surface area contributed by atoms with E-state index in [1.807, 2.05) is 0 Å². The Morgan fingerprint density at radius 1 is 0.692 bits per heavy atom. The van der Waals surface area contributed by atoms with E-state index in [1.165, 1.54) is 103 Å². The smallest absolute Gasteiger partial charge is 0.0624 e. The van der Waals surface area contributed by atoms with E-state index in [9.17, 15) is 0 Å². The molecular formula is C25H47N. The molecule has 1 atom stereocenters. The summed E-state index contributed by atoms with van der Waals surface area (Å²) < 4.78 is 0. The van der Waals surface area contributed by atoms with Crippen LogP contribution in [0.1, 0.15) is 130 Å². The Kier molecular flexibility index (Phi) is 14.1. The van der Waals surface area contributed by atoms with Crippen molar-refractivity contribution >= 4 is 0 Å². The Balaban J connectivity index is 2.19. The summed E-state index contributed by atoms with van der Waals surface area (Å²) in [7, 11) is 0. The van der Waals surface area contributed by atoms with Crippen LogP contribution in [0.2, 0.25) is 0 Å². The van der Waals surface area contributed by atoms with Crippen molar-refractivity contribution < 1.29 is 0 Å². The highest BCUT2D eigenvalue weighted by Crippen LogP contribution is 2.34. The van der Waals surface area contributed by atoms with Gasteiger partial charge in [-0.05, 0) is 36.5 Å². The molecule has 1 fully saturated rings. The second-order valence-electron chi connectivity index (χ2n) is 9.21. The summed E-state index contributed by atoms with van der Waals surface area (Å²) in [5, 5.41) is 8.85. The predicted octanol–water partition coefficient (Wildman–Crippen LogP) is 8.68. The van der Waals surface area contributed by atoms with Crippen LogP contribution in [0.25, 0.3) is 0 Å². The number of rotatable bonds is 15. The van der Waals surface area contributed by atoms with Crippen molar-refractivity contribution in [1.29, 1.82) is 5.26 Å². The first-order valence-corrected chi connectivity index (χ1v) is 12.1. The molecule has 1 heteroatoms. The first kappa shape index (κ1) is 23.5. The van der Waals surface area contributed by atoms with Crippen molar-refractivity contribution in [3.05, 3.63) is 0 Å². The van der Waals surface area contributed by atoms with Crippen LogP contribution in [0.5, 0.6) is 0 Å². The summed E-state index contributed by atoms with van der Waals surface area (Å²) in [6, 6.07) is 2.37. The van der Waals surface area contributed by atoms with E-state index in [0.29, 0.717) is 5.92 Å². The van der Waals surface area contributed by atoms with Crippen LogP contribution in [-0.4, -0.2) is 0 Å². The summed E-state index contributed by atoms with van der Waals surface area (Å²) in [6.45, 7) is 7.05. The Hall–Kier alpha value is -0.510. The van der Waals surface area contributed by atoms with Crippen LogP contribution in [0.3, 0.4) is 0 Å². The first-order valence-electron chi connectivity index (χ1n) is 12.1. The van der Waals surface area contributed by atoms with Crippen molar-refractivity contribution in [3.8, 4) is 6.07 Å². The second-order valence-corrected chi connectivity index (χ2v) is 9.21. The van der Waals surface area contributed by atoms with Gasteiger partial charge in [-0.3, -0.25) is 0 Å². The lowest BCUT2D eigenvalue weighted by Gasteiger charge is -2.27. The Morgan fingerprint density at radius 3 is 1.65 bits per heavy atom. The minimum Gasteiger partial charge on any atom is -0.198 e. The van der Waals surface area contributed by atoms with Crippen LogP contribution in [0.15, 0.2) is 0 Å². The summed E-state index contributed by atoms with van der Waals surface area (Å²) >= 11 is 0. The van der Waals surface area contributed by atoms with E-state index in [0.717, 1.165) is 24.2 Å². The van der Waals surface area contributed by atoms with Gasteiger partial charge in [0.15, 0.2) is 0 Å². The average Bonchev–Trinajstić information content (AvgIpc) is 2.64. The SMILES string of the molecule is CCCC(CCC)CCCC(CCC)CCCC1CCC(CC#N)CC1. The zero-order chi connectivity index (χ0) is 19.0. The lowest BCUT2D eigenvalue weighted by Crippen LogP contribution is -2.14. The van der Waals surface area contributed by atoms with Gasteiger partial charge in [0, 0.05) is 6.42 Å². The number of nitrogens with zero attached hydrogens (tertiary/aromatic N) is 1. The Labute approximate surface area is 165 Å². The van der Waals surface area contributed by atoms with E-state index in [1.54, 1.807) is 0 Å². The summed E-state index contributed by atoms with van der Waals surface area (Å²) in [5.74, 6) is 3.66. The van der Waals surface area contributed by atoms with Crippen molar-refractivity contribution in [2.45, 2.75) is 130 Å². The third-order valence-electron chi connectivity index (χ3n) is 6.89. The van der Waals surface area contributed by atoms with Gasteiger partial charge in [0.05, 0.1) is 6.07 Å². The van der Waals surface area contributed by atoms with Gasteiger partial charge in [-0.1, -0.05) is 111 Å². The van der Waals surface area contributed by atoms with Gasteiger partial charge in [0.2, 0.25) is 0 Å². The third kappa shape index (κ3) is 10.6. The summed E-state index contributed by atoms with van der Waals surface area (Å²) in [4.78, 5) is 0. The topological polar surface area (TPSA) is 23.8 Å². The standard InChI is InChI=1S/C25H47N/c1-4-9-22(10-5-2)12-7-13-23(11-6-3)14-8-15-24-16-18-25(19-17-24)20-21-26/h22-25H,4-20H2,1-3H3. The molecule has 0 aromatic rings. The second kappa shape index (κ2) is 15.5. The maximum absolute atomic E-state index is 8.85.